The van der Waals surface area contributed by atoms with Crippen molar-refractivity contribution in [2.75, 3.05) is 4.72 Å². The standard InChI is InChI=1S/C18H18N2O3S/c1-3-14-5-4-6-16(12-14)20-24(21,22)17-9-7-15(8-10-17)18-11-13(2)19-23-18/h4-12,20H,3H2,1-2H3. The molecule has 1 aromatic heterocycles. The van der Waals surface area contributed by atoms with Gasteiger partial charge in [-0.25, -0.2) is 8.42 Å². The van der Waals surface area contributed by atoms with Crippen molar-refractivity contribution in [3.63, 3.8) is 0 Å². The van der Waals surface area contributed by atoms with E-state index in [0.29, 0.717) is 11.4 Å². The summed E-state index contributed by atoms with van der Waals surface area (Å²) in [6, 6.07) is 15.7. The van der Waals surface area contributed by atoms with E-state index in [0.717, 1.165) is 23.2 Å². The summed E-state index contributed by atoms with van der Waals surface area (Å²) in [5.41, 5.74) is 3.19. The Morgan fingerprint density at radius 3 is 2.46 bits per heavy atom. The molecule has 3 rings (SSSR count). The highest BCUT2D eigenvalue weighted by molar-refractivity contribution is 7.92. The average Bonchev–Trinajstić information content (AvgIpc) is 3.01. The molecule has 2 aromatic carbocycles. The first-order valence-electron chi connectivity index (χ1n) is 7.63. The number of aromatic nitrogens is 1. The zero-order valence-electron chi connectivity index (χ0n) is 13.5. The number of nitrogens with one attached hydrogen (secondary N) is 1. The van der Waals surface area contributed by atoms with Crippen LogP contribution in [0.3, 0.4) is 0 Å². The zero-order valence-corrected chi connectivity index (χ0v) is 14.3. The number of sulfonamides is 1. The summed E-state index contributed by atoms with van der Waals surface area (Å²) in [6.45, 7) is 3.86. The van der Waals surface area contributed by atoms with E-state index >= 15 is 0 Å². The monoisotopic (exact) mass is 342 g/mol. The highest BCUT2D eigenvalue weighted by Crippen LogP contribution is 2.23. The van der Waals surface area contributed by atoms with Crippen LogP contribution in [0.15, 0.2) is 64.0 Å². The van der Waals surface area contributed by atoms with Gasteiger partial charge in [-0.1, -0.05) is 24.2 Å². The van der Waals surface area contributed by atoms with Crippen LogP contribution in [0.25, 0.3) is 11.3 Å². The highest BCUT2D eigenvalue weighted by atomic mass is 32.2. The summed E-state index contributed by atoms with van der Waals surface area (Å²) in [7, 11) is -3.63. The van der Waals surface area contributed by atoms with E-state index in [1.54, 1.807) is 36.4 Å². The molecule has 24 heavy (non-hydrogen) atoms. The largest absolute Gasteiger partial charge is 0.356 e. The van der Waals surface area contributed by atoms with Gasteiger partial charge < -0.3 is 4.52 Å². The van der Waals surface area contributed by atoms with Crippen LogP contribution in [0.5, 0.6) is 0 Å². The molecule has 0 radical (unpaired) electrons. The van der Waals surface area contributed by atoms with Gasteiger partial charge in [0.25, 0.3) is 10.0 Å². The van der Waals surface area contributed by atoms with Gasteiger partial charge in [-0.3, -0.25) is 4.72 Å². The van der Waals surface area contributed by atoms with Gasteiger partial charge in [-0.15, -0.1) is 0 Å². The Hall–Kier alpha value is -2.60. The van der Waals surface area contributed by atoms with E-state index in [4.69, 9.17) is 4.52 Å². The second kappa shape index (κ2) is 6.49. The molecule has 0 saturated carbocycles. The van der Waals surface area contributed by atoms with Crippen LogP contribution in [0.4, 0.5) is 5.69 Å². The maximum Gasteiger partial charge on any atom is 0.261 e. The summed E-state index contributed by atoms with van der Waals surface area (Å²) < 4.78 is 32.8. The minimum Gasteiger partial charge on any atom is -0.356 e. The molecular weight excluding hydrogens is 324 g/mol. The summed E-state index contributed by atoms with van der Waals surface area (Å²) in [4.78, 5) is 0.199. The van der Waals surface area contributed by atoms with E-state index < -0.39 is 10.0 Å². The van der Waals surface area contributed by atoms with Gasteiger partial charge in [0.1, 0.15) is 0 Å². The van der Waals surface area contributed by atoms with Gasteiger partial charge in [0.2, 0.25) is 0 Å². The van der Waals surface area contributed by atoms with Gasteiger partial charge in [-0.05, 0) is 55.3 Å². The van der Waals surface area contributed by atoms with E-state index in [1.807, 2.05) is 32.0 Å². The molecule has 0 aliphatic heterocycles. The predicted octanol–water partition coefficient (Wildman–Crippen LogP) is 4.01. The first kappa shape index (κ1) is 16.3. The molecule has 0 unspecified atom stereocenters. The van der Waals surface area contributed by atoms with E-state index in [1.165, 1.54) is 0 Å². The molecule has 0 fully saturated rings. The molecular formula is C18H18N2O3S. The first-order valence-corrected chi connectivity index (χ1v) is 9.12. The number of rotatable bonds is 5. The zero-order chi connectivity index (χ0) is 17.2. The molecule has 0 aliphatic carbocycles. The van der Waals surface area contributed by atoms with Crippen LogP contribution < -0.4 is 4.72 Å². The van der Waals surface area contributed by atoms with Crippen molar-refractivity contribution in [1.29, 1.82) is 0 Å². The summed E-state index contributed by atoms with van der Waals surface area (Å²) in [6.07, 6.45) is 0.848. The minimum absolute atomic E-state index is 0.199. The lowest BCUT2D eigenvalue weighted by Crippen LogP contribution is -2.12. The maximum atomic E-state index is 12.5. The number of nitrogens with zero attached hydrogens (tertiary/aromatic N) is 1. The molecule has 0 spiro atoms. The van der Waals surface area contributed by atoms with Gasteiger partial charge in [0.15, 0.2) is 5.76 Å². The minimum atomic E-state index is -3.63. The Kier molecular flexibility index (Phi) is 4.40. The third kappa shape index (κ3) is 3.49. The molecule has 3 aromatic rings. The summed E-state index contributed by atoms with van der Waals surface area (Å²) in [5.74, 6) is 0.611. The lowest BCUT2D eigenvalue weighted by atomic mass is 10.1. The van der Waals surface area contributed by atoms with Crippen molar-refractivity contribution < 1.29 is 12.9 Å². The number of anilines is 1. The molecule has 1 N–H and O–H groups in total. The van der Waals surface area contributed by atoms with E-state index in [9.17, 15) is 8.42 Å². The van der Waals surface area contributed by atoms with Gasteiger partial charge in [-0.2, -0.15) is 0 Å². The van der Waals surface area contributed by atoms with Crippen LogP contribution in [0.1, 0.15) is 18.2 Å². The highest BCUT2D eigenvalue weighted by Gasteiger charge is 2.15. The Labute approximate surface area is 141 Å². The molecule has 6 heteroatoms. The first-order chi connectivity index (χ1) is 11.5. The fourth-order valence-corrected chi connectivity index (χ4v) is 3.42. The van der Waals surface area contributed by atoms with Crippen LogP contribution in [-0.4, -0.2) is 13.6 Å². The number of benzene rings is 2. The van der Waals surface area contributed by atoms with Crippen molar-refractivity contribution in [3.05, 3.63) is 65.9 Å². The van der Waals surface area contributed by atoms with Gasteiger partial charge >= 0.3 is 0 Å². The summed E-state index contributed by atoms with van der Waals surface area (Å²) >= 11 is 0. The fourth-order valence-electron chi connectivity index (χ4n) is 2.37. The van der Waals surface area contributed by atoms with Crippen LogP contribution in [0, 0.1) is 6.92 Å². The van der Waals surface area contributed by atoms with E-state index in [-0.39, 0.29) is 4.90 Å². The van der Waals surface area contributed by atoms with Crippen molar-refractivity contribution in [2.24, 2.45) is 0 Å². The third-order valence-electron chi connectivity index (χ3n) is 3.66. The number of hydrogen-bond acceptors (Lipinski definition) is 4. The van der Waals surface area contributed by atoms with Crippen LogP contribution >= 0.6 is 0 Å². The Bertz CT molecular complexity index is 944. The second-order valence-corrected chi connectivity index (χ2v) is 7.20. The van der Waals surface area contributed by atoms with Crippen molar-refractivity contribution >= 4 is 15.7 Å². The lowest BCUT2D eigenvalue weighted by molar-refractivity contribution is 0.427. The van der Waals surface area contributed by atoms with Gasteiger partial charge in [0.05, 0.1) is 10.6 Å². The second-order valence-electron chi connectivity index (χ2n) is 5.52. The Morgan fingerprint density at radius 1 is 1.08 bits per heavy atom. The molecule has 0 atom stereocenters. The SMILES string of the molecule is CCc1cccc(NS(=O)(=O)c2ccc(-c3cc(C)no3)cc2)c1. The van der Waals surface area contributed by atoms with E-state index in [2.05, 4.69) is 9.88 Å². The average molecular weight is 342 g/mol. The number of aryl methyl sites for hydroxylation is 2. The molecule has 1 heterocycles. The molecule has 0 bridgehead atoms. The maximum absolute atomic E-state index is 12.5. The fraction of sp³-hybridized carbons (Fsp3) is 0.167. The topological polar surface area (TPSA) is 72.2 Å². The molecule has 0 saturated heterocycles. The van der Waals surface area contributed by atoms with Crippen molar-refractivity contribution in [2.45, 2.75) is 25.2 Å². The Morgan fingerprint density at radius 2 is 1.83 bits per heavy atom. The van der Waals surface area contributed by atoms with Gasteiger partial charge in [0, 0.05) is 17.3 Å². The summed E-state index contributed by atoms with van der Waals surface area (Å²) in [5, 5.41) is 3.83. The molecule has 5 nitrogen and oxygen atoms in total. The molecule has 0 amide bonds. The normalized spacial score (nSPS) is 11.4. The smallest absolute Gasteiger partial charge is 0.261 e. The Balaban J connectivity index is 1.84. The predicted molar refractivity (Wildman–Crippen MR) is 93.3 cm³/mol. The molecule has 0 aliphatic rings. The quantitative estimate of drug-likeness (QED) is 0.760. The van der Waals surface area contributed by atoms with Crippen molar-refractivity contribution in [1.82, 2.24) is 5.16 Å². The number of hydrogen-bond donors (Lipinski definition) is 1. The molecule has 124 valence electrons. The third-order valence-corrected chi connectivity index (χ3v) is 5.06. The lowest BCUT2D eigenvalue weighted by Gasteiger charge is -2.09. The van der Waals surface area contributed by atoms with Crippen molar-refractivity contribution in [3.8, 4) is 11.3 Å². The van der Waals surface area contributed by atoms with Crippen LogP contribution in [0.2, 0.25) is 0 Å². The van der Waals surface area contributed by atoms with Crippen LogP contribution in [-0.2, 0) is 16.4 Å².